The van der Waals surface area contributed by atoms with E-state index in [0.717, 1.165) is 56.6 Å². The summed E-state index contributed by atoms with van der Waals surface area (Å²) in [6, 6.07) is 14.3. The Balaban J connectivity index is 1.37. The number of furan rings is 1. The summed E-state index contributed by atoms with van der Waals surface area (Å²) >= 11 is 0. The van der Waals surface area contributed by atoms with Gasteiger partial charge in [0.25, 0.3) is 0 Å². The van der Waals surface area contributed by atoms with Gasteiger partial charge in [0.2, 0.25) is 5.91 Å². The molecule has 2 heterocycles. The van der Waals surface area contributed by atoms with Crippen LogP contribution < -0.4 is 0 Å². The van der Waals surface area contributed by atoms with Gasteiger partial charge in [0.1, 0.15) is 5.76 Å². The van der Waals surface area contributed by atoms with Crippen LogP contribution in [0.5, 0.6) is 0 Å². The first-order valence-corrected chi connectivity index (χ1v) is 9.89. The molecule has 1 amide bonds. The molecule has 140 valence electrons. The molecule has 4 nitrogen and oxygen atoms in total. The summed E-state index contributed by atoms with van der Waals surface area (Å²) in [6.45, 7) is 3.16. The number of rotatable bonds is 5. The second kappa shape index (κ2) is 8.45. The van der Waals surface area contributed by atoms with E-state index in [1.165, 1.54) is 0 Å². The number of nitrogens with zero attached hydrogens (tertiary/aromatic N) is 2. The molecule has 1 atom stereocenters. The molecule has 1 aromatic carbocycles. The van der Waals surface area contributed by atoms with Crippen molar-refractivity contribution < 1.29 is 9.21 Å². The lowest BCUT2D eigenvalue weighted by Crippen LogP contribution is -2.45. The van der Waals surface area contributed by atoms with E-state index in [9.17, 15) is 4.79 Å². The predicted octanol–water partition coefficient (Wildman–Crippen LogP) is 3.53. The topological polar surface area (TPSA) is 36.7 Å². The molecule has 0 radical (unpaired) electrons. The molecule has 1 aromatic heterocycles. The maximum absolute atomic E-state index is 13.2. The largest absolute Gasteiger partial charge is 0.468 e. The fraction of sp³-hybridized carbons (Fsp3) is 0.435. The summed E-state index contributed by atoms with van der Waals surface area (Å²) < 4.78 is 5.47. The number of carbonyl (C=O) groups is 1. The third kappa shape index (κ3) is 4.81. The van der Waals surface area contributed by atoms with Crippen LogP contribution in [-0.2, 0) is 11.3 Å². The smallest absolute Gasteiger partial charge is 0.228 e. The van der Waals surface area contributed by atoms with Gasteiger partial charge in [0.15, 0.2) is 0 Å². The van der Waals surface area contributed by atoms with E-state index in [0.29, 0.717) is 12.6 Å². The monoisotopic (exact) mass is 362 g/mol. The van der Waals surface area contributed by atoms with Crippen LogP contribution in [0.4, 0.5) is 0 Å². The Bertz CT molecular complexity index is 800. The lowest BCUT2D eigenvalue weighted by molar-refractivity contribution is -0.137. The van der Waals surface area contributed by atoms with Gasteiger partial charge >= 0.3 is 0 Å². The highest BCUT2D eigenvalue weighted by molar-refractivity contribution is 5.80. The molecule has 1 saturated carbocycles. The number of hydrogen-bond donors (Lipinski definition) is 0. The third-order valence-electron chi connectivity index (χ3n) is 5.34. The molecular weight excluding hydrogens is 336 g/mol. The Kier molecular flexibility index (Phi) is 5.60. The van der Waals surface area contributed by atoms with Crippen molar-refractivity contribution in [2.45, 2.75) is 38.3 Å². The molecule has 1 saturated heterocycles. The van der Waals surface area contributed by atoms with Crippen molar-refractivity contribution in [2.75, 3.05) is 19.6 Å². The van der Waals surface area contributed by atoms with Crippen LogP contribution in [0.1, 0.15) is 37.0 Å². The predicted molar refractivity (Wildman–Crippen MR) is 105 cm³/mol. The van der Waals surface area contributed by atoms with E-state index in [4.69, 9.17) is 4.42 Å². The molecule has 1 aliphatic carbocycles. The van der Waals surface area contributed by atoms with Crippen molar-refractivity contribution in [1.82, 2.24) is 9.80 Å². The van der Waals surface area contributed by atoms with Crippen LogP contribution in [0.2, 0.25) is 0 Å². The van der Waals surface area contributed by atoms with Crippen LogP contribution in [0, 0.1) is 17.8 Å². The van der Waals surface area contributed by atoms with E-state index in [1.54, 1.807) is 6.26 Å². The van der Waals surface area contributed by atoms with Crippen LogP contribution in [0.25, 0.3) is 0 Å². The zero-order valence-corrected chi connectivity index (χ0v) is 15.6. The number of piperidine rings is 1. The fourth-order valence-electron chi connectivity index (χ4n) is 3.78. The fourth-order valence-corrected chi connectivity index (χ4v) is 3.78. The summed E-state index contributed by atoms with van der Waals surface area (Å²) in [5.74, 6) is 7.73. The second-order valence-corrected chi connectivity index (χ2v) is 7.52. The molecular formula is C23H26N2O2. The third-order valence-corrected chi connectivity index (χ3v) is 5.34. The van der Waals surface area contributed by atoms with Crippen molar-refractivity contribution in [1.29, 1.82) is 0 Å². The highest BCUT2D eigenvalue weighted by Crippen LogP contribution is 2.30. The standard InChI is InChI=1S/C23H26N2O2/c26-23(20-10-5-14-24(17-20)18-22-11-6-16-27-22)25(21-12-13-21)15-4-9-19-7-2-1-3-8-19/h1-3,6-8,11,16,20-21H,5,10,12-15,17-18H2/t20-/m1/s1. The average Bonchev–Trinajstić information content (AvgIpc) is 3.42. The summed E-state index contributed by atoms with van der Waals surface area (Å²) in [5, 5.41) is 0. The Morgan fingerprint density at radius 3 is 2.74 bits per heavy atom. The summed E-state index contributed by atoms with van der Waals surface area (Å²) in [6.07, 6.45) is 5.97. The van der Waals surface area contributed by atoms with Crippen molar-refractivity contribution >= 4 is 5.91 Å². The van der Waals surface area contributed by atoms with E-state index in [2.05, 4.69) is 16.7 Å². The van der Waals surface area contributed by atoms with Gasteiger partial charge in [0, 0.05) is 18.2 Å². The molecule has 2 fully saturated rings. The highest BCUT2D eigenvalue weighted by atomic mass is 16.3. The Morgan fingerprint density at radius 1 is 1.15 bits per heavy atom. The van der Waals surface area contributed by atoms with Gasteiger partial charge in [-0.3, -0.25) is 9.69 Å². The first kappa shape index (κ1) is 17.9. The zero-order valence-electron chi connectivity index (χ0n) is 15.6. The zero-order chi connectivity index (χ0) is 18.5. The molecule has 27 heavy (non-hydrogen) atoms. The first-order valence-electron chi connectivity index (χ1n) is 9.89. The van der Waals surface area contributed by atoms with E-state index in [-0.39, 0.29) is 11.8 Å². The molecule has 0 spiro atoms. The molecule has 1 aliphatic heterocycles. The van der Waals surface area contributed by atoms with Gasteiger partial charge in [-0.15, -0.1) is 0 Å². The maximum atomic E-state index is 13.2. The van der Waals surface area contributed by atoms with Crippen molar-refractivity contribution in [3.63, 3.8) is 0 Å². The van der Waals surface area contributed by atoms with Crippen molar-refractivity contribution in [3.05, 3.63) is 60.1 Å². The molecule has 4 heteroatoms. The first-order chi connectivity index (χ1) is 13.3. The summed E-state index contributed by atoms with van der Waals surface area (Å²) in [7, 11) is 0. The number of benzene rings is 1. The van der Waals surface area contributed by atoms with Gasteiger partial charge in [-0.25, -0.2) is 0 Å². The molecule has 2 aliphatic rings. The van der Waals surface area contributed by atoms with Gasteiger partial charge in [-0.1, -0.05) is 30.0 Å². The van der Waals surface area contributed by atoms with E-state index in [1.807, 2.05) is 47.4 Å². The molecule has 0 N–H and O–H groups in total. The van der Waals surface area contributed by atoms with Crippen LogP contribution in [0.15, 0.2) is 53.1 Å². The van der Waals surface area contributed by atoms with Crippen LogP contribution >= 0.6 is 0 Å². The molecule has 0 unspecified atom stereocenters. The lowest BCUT2D eigenvalue weighted by atomic mass is 9.96. The Morgan fingerprint density at radius 2 is 2.00 bits per heavy atom. The number of hydrogen-bond acceptors (Lipinski definition) is 3. The SMILES string of the molecule is O=C([C@@H]1CCCN(Cc2ccco2)C1)N(CC#Cc1ccccc1)C1CC1. The summed E-state index contributed by atoms with van der Waals surface area (Å²) in [5.41, 5.74) is 1.00. The minimum Gasteiger partial charge on any atom is -0.468 e. The quantitative estimate of drug-likeness (QED) is 0.764. The van der Waals surface area contributed by atoms with Crippen LogP contribution in [0.3, 0.4) is 0 Å². The molecule has 4 rings (SSSR count). The van der Waals surface area contributed by atoms with Gasteiger partial charge in [-0.2, -0.15) is 0 Å². The number of carbonyl (C=O) groups excluding carboxylic acids is 1. The van der Waals surface area contributed by atoms with E-state index < -0.39 is 0 Å². The molecule has 0 bridgehead atoms. The number of amides is 1. The number of likely N-dealkylation sites (tertiary alicyclic amines) is 1. The Hall–Kier alpha value is -2.51. The summed E-state index contributed by atoms with van der Waals surface area (Å²) in [4.78, 5) is 17.5. The van der Waals surface area contributed by atoms with Crippen molar-refractivity contribution in [3.8, 4) is 11.8 Å². The maximum Gasteiger partial charge on any atom is 0.228 e. The lowest BCUT2D eigenvalue weighted by Gasteiger charge is -2.34. The highest BCUT2D eigenvalue weighted by Gasteiger charge is 2.36. The van der Waals surface area contributed by atoms with Gasteiger partial charge in [0.05, 0.1) is 25.3 Å². The molecule has 2 aromatic rings. The minimum absolute atomic E-state index is 0.0767. The second-order valence-electron chi connectivity index (χ2n) is 7.52. The Labute approximate surface area is 161 Å². The van der Waals surface area contributed by atoms with Gasteiger partial charge in [-0.05, 0) is 56.5 Å². The average molecular weight is 362 g/mol. The van der Waals surface area contributed by atoms with Gasteiger partial charge < -0.3 is 9.32 Å². The van der Waals surface area contributed by atoms with Crippen molar-refractivity contribution in [2.24, 2.45) is 5.92 Å². The van der Waals surface area contributed by atoms with E-state index >= 15 is 0 Å². The van der Waals surface area contributed by atoms with Crippen LogP contribution in [-0.4, -0.2) is 41.4 Å². The normalized spacial score (nSPS) is 19.9. The minimum atomic E-state index is 0.0767.